The van der Waals surface area contributed by atoms with Gasteiger partial charge in [-0.2, -0.15) is 4.39 Å². The van der Waals surface area contributed by atoms with Gasteiger partial charge in [-0.1, -0.05) is 13.8 Å². The fraction of sp³-hybridized carbons (Fsp3) is 0.500. The van der Waals surface area contributed by atoms with Crippen molar-refractivity contribution in [2.45, 2.75) is 20.0 Å². The van der Waals surface area contributed by atoms with Gasteiger partial charge in [0.15, 0.2) is 5.75 Å². The predicted octanol–water partition coefficient (Wildman–Crippen LogP) is 0.957. The van der Waals surface area contributed by atoms with E-state index in [2.05, 4.69) is 15.6 Å². The number of amides is 1. The summed E-state index contributed by atoms with van der Waals surface area (Å²) >= 11 is 0. The molecule has 0 spiro atoms. The van der Waals surface area contributed by atoms with Crippen molar-refractivity contribution in [1.82, 2.24) is 15.6 Å². The Morgan fingerprint density at radius 1 is 1.50 bits per heavy atom. The van der Waals surface area contributed by atoms with Gasteiger partial charge in [0.25, 0.3) is 11.9 Å². The highest BCUT2D eigenvalue weighted by Gasteiger charge is 2.20. The van der Waals surface area contributed by atoms with Crippen molar-refractivity contribution in [1.29, 1.82) is 0 Å². The minimum absolute atomic E-state index is 0.0119. The molecule has 1 aliphatic rings. The Labute approximate surface area is 106 Å². The van der Waals surface area contributed by atoms with Crippen LogP contribution in [0, 0.1) is 5.95 Å². The Hall–Kier alpha value is -1.69. The number of halogens is 1. The monoisotopic (exact) mass is 255 g/mol. The van der Waals surface area contributed by atoms with Crippen LogP contribution in [0.1, 0.15) is 24.3 Å². The Kier molecular flexibility index (Phi) is 5.51. The third kappa shape index (κ3) is 3.40. The summed E-state index contributed by atoms with van der Waals surface area (Å²) in [6.45, 7) is 5.41. The Bertz CT molecular complexity index is 408. The molecule has 2 N–H and O–H groups in total. The van der Waals surface area contributed by atoms with Crippen LogP contribution in [-0.4, -0.2) is 37.1 Å². The van der Waals surface area contributed by atoms with Crippen molar-refractivity contribution >= 4 is 5.91 Å². The fourth-order valence-electron chi connectivity index (χ4n) is 1.29. The summed E-state index contributed by atoms with van der Waals surface area (Å²) in [5, 5.41) is 5.38. The normalized spacial score (nSPS) is 14.0. The molecular weight excluding hydrogens is 237 g/mol. The van der Waals surface area contributed by atoms with Gasteiger partial charge < -0.3 is 15.4 Å². The van der Waals surface area contributed by atoms with Gasteiger partial charge in [-0.25, -0.2) is 4.98 Å². The quantitative estimate of drug-likeness (QED) is 0.790. The second kappa shape index (κ2) is 6.90. The summed E-state index contributed by atoms with van der Waals surface area (Å²) in [6.07, 6.45) is -0.0119. The van der Waals surface area contributed by atoms with E-state index in [9.17, 15) is 9.18 Å². The van der Waals surface area contributed by atoms with E-state index >= 15 is 0 Å². The summed E-state index contributed by atoms with van der Waals surface area (Å²) in [6, 6.07) is 2.86. The van der Waals surface area contributed by atoms with Gasteiger partial charge in [0, 0.05) is 20.1 Å². The number of rotatable bonds is 3. The van der Waals surface area contributed by atoms with E-state index in [0.29, 0.717) is 13.1 Å². The highest BCUT2D eigenvalue weighted by Crippen LogP contribution is 2.17. The first-order chi connectivity index (χ1) is 8.70. The maximum atomic E-state index is 13.4. The number of aromatic nitrogens is 1. The third-order valence-electron chi connectivity index (χ3n) is 2.31. The fourth-order valence-corrected chi connectivity index (χ4v) is 1.29. The summed E-state index contributed by atoms with van der Waals surface area (Å²) in [5.74, 6) is -1.09. The zero-order chi connectivity index (χ0) is 13.5. The second-order valence-electron chi connectivity index (χ2n) is 3.46. The summed E-state index contributed by atoms with van der Waals surface area (Å²) in [7, 11) is 1.46. The molecule has 1 aromatic rings. The zero-order valence-corrected chi connectivity index (χ0v) is 10.8. The molecule has 1 saturated heterocycles. The number of ether oxygens (including phenoxy) is 1. The SMILES string of the molecule is CC.CNC(=O)c1ccc(OC2CNC2)c(F)n1. The van der Waals surface area contributed by atoms with Crippen molar-refractivity contribution in [3.63, 3.8) is 0 Å². The highest BCUT2D eigenvalue weighted by molar-refractivity contribution is 5.92. The van der Waals surface area contributed by atoms with Gasteiger partial charge in [-0.05, 0) is 12.1 Å². The minimum atomic E-state index is -0.756. The molecule has 1 aromatic heterocycles. The molecule has 18 heavy (non-hydrogen) atoms. The molecule has 1 aliphatic heterocycles. The van der Waals surface area contributed by atoms with Gasteiger partial charge >= 0.3 is 0 Å². The van der Waals surface area contributed by atoms with E-state index in [4.69, 9.17) is 4.74 Å². The first-order valence-electron chi connectivity index (χ1n) is 5.96. The summed E-state index contributed by atoms with van der Waals surface area (Å²) < 4.78 is 18.7. The molecule has 0 aromatic carbocycles. The first kappa shape index (κ1) is 14.4. The molecule has 2 heterocycles. The number of hydrogen-bond acceptors (Lipinski definition) is 4. The Morgan fingerprint density at radius 2 is 2.17 bits per heavy atom. The molecule has 0 unspecified atom stereocenters. The van der Waals surface area contributed by atoms with Crippen LogP contribution >= 0.6 is 0 Å². The van der Waals surface area contributed by atoms with E-state index in [0.717, 1.165) is 0 Å². The van der Waals surface area contributed by atoms with E-state index in [1.165, 1.54) is 19.2 Å². The van der Waals surface area contributed by atoms with Crippen molar-refractivity contribution in [2.75, 3.05) is 20.1 Å². The topological polar surface area (TPSA) is 63.2 Å². The van der Waals surface area contributed by atoms with Crippen molar-refractivity contribution in [3.8, 4) is 5.75 Å². The molecular formula is C12H18FN3O2. The Morgan fingerprint density at radius 3 is 2.61 bits per heavy atom. The van der Waals surface area contributed by atoms with Crippen LogP contribution in [0.2, 0.25) is 0 Å². The smallest absolute Gasteiger partial charge is 0.269 e. The molecule has 5 nitrogen and oxygen atoms in total. The van der Waals surface area contributed by atoms with Crippen LogP contribution in [0.25, 0.3) is 0 Å². The number of carbonyl (C=O) groups is 1. The number of hydrogen-bond donors (Lipinski definition) is 2. The number of carbonyl (C=O) groups excluding carboxylic acids is 1. The van der Waals surface area contributed by atoms with Crippen LogP contribution < -0.4 is 15.4 Å². The lowest BCUT2D eigenvalue weighted by Crippen LogP contribution is -2.50. The lowest BCUT2D eigenvalue weighted by molar-refractivity contribution is 0.0956. The van der Waals surface area contributed by atoms with Crippen molar-refractivity contribution < 1.29 is 13.9 Å². The van der Waals surface area contributed by atoms with Crippen LogP contribution in [0.15, 0.2) is 12.1 Å². The third-order valence-corrected chi connectivity index (χ3v) is 2.31. The lowest BCUT2D eigenvalue weighted by atomic mass is 10.2. The highest BCUT2D eigenvalue weighted by atomic mass is 19.1. The van der Waals surface area contributed by atoms with Crippen LogP contribution in [0.5, 0.6) is 5.75 Å². The average Bonchev–Trinajstić information content (AvgIpc) is 2.36. The van der Waals surface area contributed by atoms with Crippen LogP contribution in [-0.2, 0) is 0 Å². The molecule has 6 heteroatoms. The van der Waals surface area contributed by atoms with Crippen molar-refractivity contribution in [2.24, 2.45) is 0 Å². The average molecular weight is 255 g/mol. The van der Waals surface area contributed by atoms with Gasteiger partial charge in [0.2, 0.25) is 0 Å². The van der Waals surface area contributed by atoms with Crippen molar-refractivity contribution in [3.05, 3.63) is 23.8 Å². The van der Waals surface area contributed by atoms with Gasteiger partial charge in [-0.3, -0.25) is 4.79 Å². The Balaban J connectivity index is 0.000000771. The summed E-state index contributed by atoms with van der Waals surface area (Å²) in [5.41, 5.74) is 0.0408. The number of nitrogens with zero attached hydrogens (tertiary/aromatic N) is 1. The molecule has 1 fully saturated rings. The van der Waals surface area contributed by atoms with E-state index in [1.807, 2.05) is 13.8 Å². The lowest BCUT2D eigenvalue weighted by Gasteiger charge is -2.27. The van der Waals surface area contributed by atoms with Gasteiger partial charge in [0.05, 0.1) is 0 Å². The maximum absolute atomic E-state index is 13.4. The standard InChI is InChI=1S/C10H12FN3O2.C2H6/c1-12-10(15)7-2-3-8(9(11)14-7)16-6-4-13-5-6;1-2/h2-3,6,13H,4-5H2,1H3,(H,12,15);1-2H3. The molecule has 0 atom stereocenters. The second-order valence-corrected chi connectivity index (χ2v) is 3.46. The predicted molar refractivity (Wildman–Crippen MR) is 66.2 cm³/mol. The number of nitrogens with one attached hydrogen (secondary N) is 2. The summed E-state index contributed by atoms with van der Waals surface area (Å²) in [4.78, 5) is 14.7. The molecule has 0 aliphatic carbocycles. The van der Waals surface area contributed by atoms with Gasteiger partial charge in [-0.15, -0.1) is 0 Å². The molecule has 100 valence electrons. The van der Waals surface area contributed by atoms with E-state index in [1.54, 1.807) is 0 Å². The maximum Gasteiger partial charge on any atom is 0.269 e. The van der Waals surface area contributed by atoms with Crippen LogP contribution in [0.3, 0.4) is 0 Å². The molecule has 0 saturated carbocycles. The first-order valence-corrected chi connectivity index (χ1v) is 5.96. The molecule has 1 amide bonds. The largest absolute Gasteiger partial charge is 0.483 e. The number of pyridine rings is 1. The zero-order valence-electron chi connectivity index (χ0n) is 10.8. The van der Waals surface area contributed by atoms with E-state index in [-0.39, 0.29) is 17.5 Å². The van der Waals surface area contributed by atoms with Crippen LogP contribution in [0.4, 0.5) is 4.39 Å². The van der Waals surface area contributed by atoms with Gasteiger partial charge in [0.1, 0.15) is 11.8 Å². The minimum Gasteiger partial charge on any atom is -0.483 e. The molecule has 0 bridgehead atoms. The van der Waals surface area contributed by atoms with E-state index < -0.39 is 11.9 Å². The molecule has 2 rings (SSSR count). The molecule has 0 radical (unpaired) electrons.